The van der Waals surface area contributed by atoms with Crippen LogP contribution in [0.4, 0.5) is 0 Å². The molecule has 0 amide bonds. The highest BCUT2D eigenvalue weighted by atomic mass is 32.2. The van der Waals surface area contributed by atoms with Crippen LogP contribution in [0.15, 0.2) is 17.0 Å². The molecule has 6 heteroatoms. The van der Waals surface area contributed by atoms with Gasteiger partial charge in [-0.25, -0.2) is 13.1 Å². The summed E-state index contributed by atoms with van der Waals surface area (Å²) in [5, 5.41) is 9.08. The molecule has 5 nitrogen and oxygen atoms in total. The molecule has 120 valence electrons. The molecule has 2 N–H and O–H groups in total. The fourth-order valence-corrected chi connectivity index (χ4v) is 4.25. The Morgan fingerprint density at radius 2 is 1.76 bits per heavy atom. The normalized spacial score (nSPS) is 13.5. The highest BCUT2D eigenvalue weighted by molar-refractivity contribution is 7.89. The quantitative estimate of drug-likeness (QED) is 0.807. The zero-order chi connectivity index (χ0) is 16.2. The van der Waals surface area contributed by atoms with Crippen molar-refractivity contribution in [1.29, 1.82) is 0 Å². The van der Waals surface area contributed by atoms with E-state index in [9.17, 15) is 8.42 Å². The summed E-state index contributed by atoms with van der Waals surface area (Å²) >= 11 is 0. The van der Waals surface area contributed by atoms with E-state index in [4.69, 9.17) is 9.84 Å². The molecule has 1 rings (SSSR count). The molecule has 0 saturated heterocycles. The first-order valence-electron chi connectivity index (χ1n) is 7.01. The third kappa shape index (κ3) is 4.43. The van der Waals surface area contributed by atoms with E-state index in [0.717, 1.165) is 0 Å². The molecule has 0 aliphatic carbocycles. The van der Waals surface area contributed by atoms with Gasteiger partial charge in [-0.2, -0.15) is 0 Å². The monoisotopic (exact) mass is 315 g/mol. The molecule has 1 aromatic rings. The minimum absolute atomic E-state index is 0.0497. The number of hydrogen-bond donors (Lipinski definition) is 2. The molecule has 0 saturated carbocycles. The van der Waals surface area contributed by atoms with Gasteiger partial charge in [0, 0.05) is 12.6 Å². The fourth-order valence-electron chi connectivity index (χ4n) is 2.38. The standard InChI is InChI=1S/C15H25NO4S/c1-10(2)14(6-7-17)16-21(18,19)15-11(3)8-13(20-5)9-12(15)4/h8-10,14,16-17H,6-7H2,1-5H3. The van der Waals surface area contributed by atoms with Crippen LogP contribution >= 0.6 is 0 Å². The van der Waals surface area contributed by atoms with Gasteiger partial charge in [0.05, 0.1) is 12.0 Å². The van der Waals surface area contributed by atoms with Crippen molar-refractivity contribution in [3.63, 3.8) is 0 Å². The van der Waals surface area contributed by atoms with Crippen LogP contribution in [0.5, 0.6) is 5.75 Å². The van der Waals surface area contributed by atoms with Crippen molar-refractivity contribution in [2.75, 3.05) is 13.7 Å². The zero-order valence-electron chi connectivity index (χ0n) is 13.3. The van der Waals surface area contributed by atoms with Gasteiger partial charge in [0.15, 0.2) is 0 Å². The summed E-state index contributed by atoms with van der Waals surface area (Å²) in [5.74, 6) is 0.741. The number of methoxy groups -OCH3 is 1. The first kappa shape index (κ1) is 17.9. The molecule has 1 atom stereocenters. The van der Waals surface area contributed by atoms with Crippen LogP contribution < -0.4 is 9.46 Å². The van der Waals surface area contributed by atoms with Gasteiger partial charge in [-0.3, -0.25) is 0 Å². The predicted molar refractivity (Wildman–Crippen MR) is 83.1 cm³/mol. The number of hydrogen-bond acceptors (Lipinski definition) is 4. The average molecular weight is 315 g/mol. The third-order valence-corrected chi connectivity index (χ3v) is 5.28. The Hall–Kier alpha value is -1.11. The minimum atomic E-state index is -3.63. The number of nitrogens with one attached hydrogen (secondary N) is 1. The van der Waals surface area contributed by atoms with Crippen molar-refractivity contribution in [2.45, 2.75) is 45.1 Å². The molecule has 1 unspecified atom stereocenters. The number of sulfonamides is 1. The van der Waals surface area contributed by atoms with Crippen molar-refractivity contribution < 1.29 is 18.3 Å². The lowest BCUT2D eigenvalue weighted by Gasteiger charge is -2.23. The largest absolute Gasteiger partial charge is 0.497 e. The van der Waals surface area contributed by atoms with Crippen LogP contribution in [-0.4, -0.2) is 33.3 Å². The van der Waals surface area contributed by atoms with Crippen molar-refractivity contribution in [3.8, 4) is 5.75 Å². The van der Waals surface area contributed by atoms with Gasteiger partial charge < -0.3 is 9.84 Å². The maximum atomic E-state index is 12.6. The van der Waals surface area contributed by atoms with E-state index in [2.05, 4.69) is 4.72 Å². The summed E-state index contributed by atoms with van der Waals surface area (Å²) in [6.07, 6.45) is 0.394. The Morgan fingerprint density at radius 1 is 1.24 bits per heavy atom. The second kappa shape index (κ2) is 7.24. The first-order chi connectivity index (χ1) is 9.72. The van der Waals surface area contributed by atoms with Gasteiger partial charge in [0.25, 0.3) is 0 Å². The Balaban J connectivity index is 3.19. The highest BCUT2D eigenvalue weighted by Crippen LogP contribution is 2.26. The Labute approximate surface area is 127 Å². The lowest BCUT2D eigenvalue weighted by atomic mass is 10.0. The molecule has 0 heterocycles. The van der Waals surface area contributed by atoms with E-state index in [1.807, 2.05) is 13.8 Å². The molecule has 21 heavy (non-hydrogen) atoms. The third-order valence-electron chi connectivity index (χ3n) is 3.49. The van der Waals surface area contributed by atoms with Crippen LogP contribution in [0, 0.1) is 19.8 Å². The van der Waals surface area contributed by atoms with Crippen molar-refractivity contribution in [2.24, 2.45) is 5.92 Å². The van der Waals surface area contributed by atoms with Crippen molar-refractivity contribution in [1.82, 2.24) is 4.72 Å². The van der Waals surface area contributed by atoms with E-state index in [0.29, 0.717) is 23.3 Å². The SMILES string of the molecule is COc1cc(C)c(S(=O)(=O)NC(CCO)C(C)C)c(C)c1. The van der Waals surface area contributed by atoms with Gasteiger partial charge in [0.2, 0.25) is 10.0 Å². The molecular formula is C15H25NO4S. The van der Waals surface area contributed by atoms with E-state index in [-0.39, 0.29) is 23.5 Å². The Kier molecular flexibility index (Phi) is 6.19. The number of aliphatic hydroxyl groups is 1. The Bertz CT molecular complexity index is 558. The van der Waals surface area contributed by atoms with Crippen LogP contribution in [0.25, 0.3) is 0 Å². The molecule has 0 fully saturated rings. The van der Waals surface area contributed by atoms with Crippen LogP contribution in [0.2, 0.25) is 0 Å². The average Bonchev–Trinajstić information content (AvgIpc) is 2.36. The van der Waals surface area contributed by atoms with Gasteiger partial charge >= 0.3 is 0 Å². The van der Waals surface area contributed by atoms with Gasteiger partial charge in [-0.1, -0.05) is 13.8 Å². The van der Waals surface area contributed by atoms with Crippen LogP contribution in [0.3, 0.4) is 0 Å². The Morgan fingerprint density at radius 3 is 2.14 bits per heavy atom. The summed E-state index contributed by atoms with van der Waals surface area (Å²) in [6, 6.07) is 3.12. The van der Waals surface area contributed by atoms with Gasteiger partial charge in [0.1, 0.15) is 5.75 Å². The zero-order valence-corrected chi connectivity index (χ0v) is 14.1. The summed E-state index contributed by atoms with van der Waals surface area (Å²) in [7, 11) is -2.08. The van der Waals surface area contributed by atoms with Gasteiger partial charge in [-0.05, 0) is 49.4 Å². The van der Waals surface area contributed by atoms with Gasteiger partial charge in [-0.15, -0.1) is 0 Å². The number of ether oxygens (including phenoxy) is 1. The van der Waals surface area contributed by atoms with Crippen molar-refractivity contribution in [3.05, 3.63) is 23.3 Å². The van der Waals surface area contributed by atoms with Crippen molar-refractivity contribution >= 4 is 10.0 Å². The first-order valence-corrected chi connectivity index (χ1v) is 8.49. The lowest BCUT2D eigenvalue weighted by Crippen LogP contribution is -2.39. The predicted octanol–water partition coefficient (Wildman–Crippen LogP) is 2.00. The number of aliphatic hydroxyl groups excluding tert-OH is 1. The van der Waals surface area contributed by atoms with Crippen LogP contribution in [0.1, 0.15) is 31.4 Å². The second-order valence-corrected chi connectivity index (χ2v) is 7.23. The van der Waals surface area contributed by atoms with E-state index in [1.165, 1.54) is 0 Å². The molecule has 0 aliphatic rings. The summed E-state index contributed by atoms with van der Waals surface area (Å²) in [4.78, 5) is 0.284. The fraction of sp³-hybridized carbons (Fsp3) is 0.600. The second-order valence-electron chi connectivity index (χ2n) is 5.57. The number of rotatable bonds is 7. The lowest BCUT2D eigenvalue weighted by molar-refractivity contribution is 0.256. The summed E-state index contributed by atoms with van der Waals surface area (Å²) in [5.41, 5.74) is 1.29. The summed E-state index contributed by atoms with van der Waals surface area (Å²) < 4.78 is 33.1. The summed E-state index contributed by atoms with van der Waals surface area (Å²) in [6.45, 7) is 7.31. The molecule has 0 aliphatic heterocycles. The van der Waals surface area contributed by atoms with E-state index in [1.54, 1.807) is 33.1 Å². The number of aryl methyl sites for hydroxylation is 2. The molecule has 0 aromatic heterocycles. The molecule has 0 radical (unpaired) electrons. The number of benzene rings is 1. The molecular weight excluding hydrogens is 290 g/mol. The highest BCUT2D eigenvalue weighted by Gasteiger charge is 2.25. The molecule has 0 bridgehead atoms. The maximum absolute atomic E-state index is 12.6. The van der Waals surface area contributed by atoms with Crippen LogP contribution in [-0.2, 0) is 10.0 Å². The van der Waals surface area contributed by atoms with E-state index >= 15 is 0 Å². The maximum Gasteiger partial charge on any atom is 0.241 e. The topological polar surface area (TPSA) is 75.6 Å². The minimum Gasteiger partial charge on any atom is -0.497 e. The molecule has 1 aromatic carbocycles. The van der Waals surface area contributed by atoms with E-state index < -0.39 is 10.0 Å². The molecule has 0 spiro atoms. The smallest absolute Gasteiger partial charge is 0.241 e.